The second-order valence-corrected chi connectivity index (χ2v) is 14.4. The van der Waals surface area contributed by atoms with Crippen LogP contribution in [0.1, 0.15) is 73.1 Å². The molecule has 0 aromatic heterocycles. The molecule has 0 saturated heterocycles. The second kappa shape index (κ2) is 9.19. The van der Waals surface area contributed by atoms with Crippen molar-refractivity contribution in [3.8, 4) is 0 Å². The van der Waals surface area contributed by atoms with Crippen molar-refractivity contribution in [2.24, 2.45) is 5.41 Å². The van der Waals surface area contributed by atoms with Crippen LogP contribution in [0.2, 0.25) is 5.04 Å². The Morgan fingerprint density at radius 2 is 1.57 bits per heavy atom. The Morgan fingerprint density at radius 1 is 1.03 bits per heavy atom. The zero-order valence-electron chi connectivity index (χ0n) is 19.4. The SMILES string of the molecule is CCCCC(=O)[C@@]1(C)CCC[C@H]1O[Si](c1ccccc1)(c1ccccc1)C(C)(C)C. The first kappa shape index (κ1) is 23.0. The van der Waals surface area contributed by atoms with E-state index in [0.29, 0.717) is 12.2 Å². The van der Waals surface area contributed by atoms with Gasteiger partial charge in [0.25, 0.3) is 8.32 Å². The fourth-order valence-corrected chi connectivity index (χ4v) is 9.99. The molecule has 0 aliphatic heterocycles. The summed E-state index contributed by atoms with van der Waals surface area (Å²) < 4.78 is 7.37. The van der Waals surface area contributed by atoms with Gasteiger partial charge in [-0.15, -0.1) is 0 Å². The van der Waals surface area contributed by atoms with E-state index in [-0.39, 0.29) is 16.6 Å². The van der Waals surface area contributed by atoms with Gasteiger partial charge in [0.05, 0.1) is 11.5 Å². The van der Waals surface area contributed by atoms with Crippen molar-refractivity contribution in [1.29, 1.82) is 0 Å². The van der Waals surface area contributed by atoms with Gasteiger partial charge in [-0.05, 0) is 41.1 Å². The van der Waals surface area contributed by atoms with Crippen molar-refractivity contribution in [3.63, 3.8) is 0 Å². The summed E-state index contributed by atoms with van der Waals surface area (Å²) in [5, 5.41) is 2.52. The number of Topliss-reactive ketones (excluding diaryl/α,β-unsaturated/α-hetero) is 1. The molecule has 1 aliphatic carbocycles. The van der Waals surface area contributed by atoms with E-state index >= 15 is 0 Å². The first-order valence-electron chi connectivity index (χ1n) is 11.6. The maximum atomic E-state index is 13.3. The van der Waals surface area contributed by atoms with Gasteiger partial charge in [0.1, 0.15) is 5.78 Å². The Labute approximate surface area is 184 Å². The lowest BCUT2D eigenvalue weighted by atomic mass is 9.80. The number of unbranched alkanes of at least 4 members (excludes halogenated alkanes) is 1. The van der Waals surface area contributed by atoms with Gasteiger partial charge in [0, 0.05) is 6.42 Å². The van der Waals surface area contributed by atoms with Crippen molar-refractivity contribution >= 4 is 24.5 Å². The molecule has 0 spiro atoms. The van der Waals surface area contributed by atoms with Gasteiger partial charge in [-0.1, -0.05) is 102 Å². The number of hydrogen-bond donors (Lipinski definition) is 0. The summed E-state index contributed by atoms with van der Waals surface area (Å²) in [6, 6.07) is 21.6. The molecule has 0 unspecified atom stereocenters. The standard InChI is InChI=1S/C27H38O2Si/c1-6-7-19-24(28)27(5)21-14-20-25(27)29-30(26(2,3)4,22-15-10-8-11-16-22)23-17-12-9-13-18-23/h8-13,15-18,25H,6-7,14,19-21H2,1-5H3/t25-,27-/m1/s1. The van der Waals surface area contributed by atoms with E-state index in [4.69, 9.17) is 4.43 Å². The zero-order valence-corrected chi connectivity index (χ0v) is 20.4. The minimum Gasteiger partial charge on any atom is -0.403 e. The van der Waals surface area contributed by atoms with Crippen LogP contribution in [-0.4, -0.2) is 20.2 Å². The molecule has 0 radical (unpaired) electrons. The largest absolute Gasteiger partial charge is 0.403 e. The predicted molar refractivity (Wildman–Crippen MR) is 129 cm³/mol. The molecule has 0 bridgehead atoms. The number of carbonyl (C=O) groups excluding carboxylic acids is 1. The summed E-state index contributed by atoms with van der Waals surface area (Å²) in [5.41, 5.74) is -0.373. The summed E-state index contributed by atoms with van der Waals surface area (Å²) in [7, 11) is -2.63. The Morgan fingerprint density at radius 3 is 2.03 bits per heavy atom. The van der Waals surface area contributed by atoms with E-state index in [9.17, 15) is 4.79 Å². The molecule has 2 atom stereocenters. The summed E-state index contributed by atoms with van der Waals surface area (Å²) >= 11 is 0. The van der Waals surface area contributed by atoms with Crippen molar-refractivity contribution in [2.75, 3.05) is 0 Å². The van der Waals surface area contributed by atoms with Crippen LogP contribution in [0.5, 0.6) is 0 Å². The molecule has 2 nitrogen and oxygen atoms in total. The average molecular weight is 423 g/mol. The van der Waals surface area contributed by atoms with Gasteiger partial charge in [-0.25, -0.2) is 0 Å². The van der Waals surface area contributed by atoms with Crippen LogP contribution in [0.4, 0.5) is 0 Å². The van der Waals surface area contributed by atoms with Crippen molar-refractivity contribution in [3.05, 3.63) is 60.7 Å². The summed E-state index contributed by atoms with van der Waals surface area (Å²) in [6.45, 7) is 11.3. The van der Waals surface area contributed by atoms with Gasteiger partial charge in [0.15, 0.2) is 0 Å². The van der Waals surface area contributed by atoms with Crippen LogP contribution in [0, 0.1) is 5.41 Å². The number of benzene rings is 2. The Bertz CT molecular complexity index is 785. The van der Waals surface area contributed by atoms with E-state index in [0.717, 1.165) is 32.1 Å². The highest BCUT2D eigenvalue weighted by Gasteiger charge is 2.55. The topological polar surface area (TPSA) is 26.3 Å². The van der Waals surface area contributed by atoms with Crippen molar-refractivity contribution < 1.29 is 9.22 Å². The average Bonchev–Trinajstić information content (AvgIpc) is 3.12. The molecule has 1 aliphatic rings. The predicted octanol–water partition coefficient (Wildman–Crippen LogP) is 5.88. The van der Waals surface area contributed by atoms with Gasteiger partial charge in [-0.2, -0.15) is 0 Å². The number of hydrogen-bond acceptors (Lipinski definition) is 2. The van der Waals surface area contributed by atoms with Crippen LogP contribution >= 0.6 is 0 Å². The number of carbonyl (C=O) groups is 1. The molecule has 3 heteroatoms. The van der Waals surface area contributed by atoms with E-state index < -0.39 is 8.32 Å². The minimum absolute atomic E-state index is 0.0202. The molecule has 0 N–H and O–H groups in total. The number of rotatable bonds is 8. The molecule has 2 aromatic carbocycles. The van der Waals surface area contributed by atoms with Crippen LogP contribution in [-0.2, 0) is 9.22 Å². The summed E-state index contributed by atoms with van der Waals surface area (Å²) in [4.78, 5) is 13.3. The zero-order chi connectivity index (χ0) is 21.8. The van der Waals surface area contributed by atoms with Crippen LogP contribution in [0.25, 0.3) is 0 Å². The molecular weight excluding hydrogens is 384 g/mol. The molecule has 1 saturated carbocycles. The van der Waals surface area contributed by atoms with E-state index in [1.807, 2.05) is 0 Å². The van der Waals surface area contributed by atoms with E-state index in [1.165, 1.54) is 10.4 Å². The molecule has 0 heterocycles. The molecule has 162 valence electrons. The Balaban J connectivity index is 2.11. The number of ketones is 1. The van der Waals surface area contributed by atoms with Crippen molar-refractivity contribution in [2.45, 2.75) is 84.3 Å². The minimum atomic E-state index is -2.63. The summed E-state index contributed by atoms with van der Waals surface area (Å²) in [5.74, 6) is 0.393. The molecule has 3 rings (SSSR count). The van der Waals surface area contributed by atoms with Crippen molar-refractivity contribution in [1.82, 2.24) is 0 Å². The molecular formula is C27H38O2Si. The monoisotopic (exact) mass is 422 g/mol. The van der Waals surface area contributed by atoms with Crippen LogP contribution < -0.4 is 10.4 Å². The van der Waals surface area contributed by atoms with Gasteiger partial charge in [-0.3, -0.25) is 4.79 Å². The second-order valence-electron chi connectivity index (χ2n) is 10.1. The van der Waals surface area contributed by atoms with E-state index in [1.54, 1.807) is 0 Å². The third-order valence-corrected chi connectivity index (χ3v) is 12.0. The highest BCUT2D eigenvalue weighted by Crippen LogP contribution is 2.46. The normalized spacial score (nSPS) is 22.2. The first-order chi connectivity index (χ1) is 14.3. The lowest BCUT2D eigenvalue weighted by Crippen LogP contribution is -2.68. The molecule has 1 fully saturated rings. The third kappa shape index (κ3) is 4.20. The fraction of sp³-hybridized carbons (Fsp3) is 0.519. The van der Waals surface area contributed by atoms with Crippen LogP contribution in [0.3, 0.4) is 0 Å². The highest BCUT2D eigenvalue weighted by atomic mass is 28.4. The van der Waals surface area contributed by atoms with E-state index in [2.05, 4.69) is 95.3 Å². The molecule has 2 aromatic rings. The lowest BCUT2D eigenvalue weighted by Gasteiger charge is -2.47. The first-order valence-corrected chi connectivity index (χ1v) is 13.5. The highest BCUT2D eigenvalue weighted by molar-refractivity contribution is 6.99. The van der Waals surface area contributed by atoms with Gasteiger partial charge < -0.3 is 4.43 Å². The Hall–Kier alpha value is -1.71. The van der Waals surface area contributed by atoms with Gasteiger partial charge >= 0.3 is 0 Å². The maximum absolute atomic E-state index is 13.3. The molecule has 0 amide bonds. The Kier molecular flexibility index (Phi) is 7.04. The molecule has 30 heavy (non-hydrogen) atoms. The maximum Gasteiger partial charge on any atom is 0.261 e. The fourth-order valence-electron chi connectivity index (χ4n) is 5.17. The van der Waals surface area contributed by atoms with Crippen LogP contribution in [0.15, 0.2) is 60.7 Å². The third-order valence-electron chi connectivity index (χ3n) is 7.00. The summed E-state index contributed by atoms with van der Waals surface area (Å²) in [6.07, 6.45) is 5.66. The quantitative estimate of drug-likeness (QED) is 0.497. The van der Waals surface area contributed by atoms with Gasteiger partial charge in [0.2, 0.25) is 0 Å². The smallest absolute Gasteiger partial charge is 0.261 e. The lowest BCUT2D eigenvalue weighted by molar-refractivity contribution is -0.132.